The van der Waals surface area contributed by atoms with Crippen LogP contribution in [0.2, 0.25) is 5.02 Å². The van der Waals surface area contributed by atoms with Gasteiger partial charge in [-0.25, -0.2) is 0 Å². The Hall–Kier alpha value is -0.570. The van der Waals surface area contributed by atoms with Gasteiger partial charge in [0.15, 0.2) is 0 Å². The van der Waals surface area contributed by atoms with E-state index in [4.69, 9.17) is 17.4 Å². The Kier molecular flexibility index (Phi) is 3.29. The highest BCUT2D eigenvalue weighted by Crippen LogP contribution is 2.59. The first-order chi connectivity index (χ1) is 9.74. The highest BCUT2D eigenvalue weighted by molar-refractivity contribution is 6.30. The van der Waals surface area contributed by atoms with Gasteiger partial charge in [-0.2, -0.15) is 0 Å². The van der Waals surface area contributed by atoms with Crippen LogP contribution >= 0.6 is 11.6 Å². The standard InChI is InChI=1S/C17H23ClN2/c18-15-3-1-12(2-4-15)17(20-19)16-13-6-10-5-11(8-13)9-14(16)7-10/h1-4,10-11,13-14,16-17,20H,5-9,19H2. The molecule has 108 valence electrons. The van der Waals surface area contributed by atoms with Gasteiger partial charge in [0.05, 0.1) is 0 Å². The Morgan fingerprint density at radius 3 is 2.00 bits per heavy atom. The van der Waals surface area contributed by atoms with Gasteiger partial charge in [-0.15, -0.1) is 0 Å². The Bertz CT molecular complexity index is 456. The molecule has 4 bridgehead atoms. The first-order valence-corrected chi connectivity index (χ1v) is 8.34. The van der Waals surface area contributed by atoms with Gasteiger partial charge in [0.25, 0.3) is 0 Å². The summed E-state index contributed by atoms with van der Waals surface area (Å²) in [6.45, 7) is 0. The third-order valence-electron chi connectivity index (χ3n) is 6.09. The smallest absolute Gasteiger partial charge is 0.0493 e. The summed E-state index contributed by atoms with van der Waals surface area (Å²) >= 11 is 6.01. The van der Waals surface area contributed by atoms with Gasteiger partial charge in [-0.1, -0.05) is 23.7 Å². The molecule has 1 aromatic rings. The predicted molar refractivity (Wildman–Crippen MR) is 82.1 cm³/mol. The molecule has 3 N–H and O–H groups in total. The summed E-state index contributed by atoms with van der Waals surface area (Å²) in [6, 6.07) is 8.53. The van der Waals surface area contributed by atoms with E-state index in [1.807, 2.05) is 12.1 Å². The van der Waals surface area contributed by atoms with Crippen molar-refractivity contribution in [1.82, 2.24) is 5.43 Å². The molecule has 1 unspecified atom stereocenters. The zero-order valence-electron chi connectivity index (χ0n) is 11.8. The van der Waals surface area contributed by atoms with Gasteiger partial charge in [-0.05, 0) is 79.4 Å². The summed E-state index contributed by atoms with van der Waals surface area (Å²) in [5, 5.41) is 0.801. The fourth-order valence-corrected chi connectivity index (χ4v) is 5.74. The molecular formula is C17H23ClN2. The Balaban J connectivity index is 1.63. The lowest BCUT2D eigenvalue weighted by molar-refractivity contribution is -0.0525. The van der Waals surface area contributed by atoms with Crippen molar-refractivity contribution in [1.29, 1.82) is 0 Å². The first-order valence-electron chi connectivity index (χ1n) is 7.96. The van der Waals surface area contributed by atoms with Crippen molar-refractivity contribution < 1.29 is 0 Å². The molecule has 0 radical (unpaired) electrons. The monoisotopic (exact) mass is 290 g/mol. The zero-order chi connectivity index (χ0) is 13.7. The predicted octanol–water partition coefficient (Wildman–Crippen LogP) is 3.92. The van der Waals surface area contributed by atoms with Crippen molar-refractivity contribution in [2.75, 3.05) is 0 Å². The summed E-state index contributed by atoms with van der Waals surface area (Å²) in [5.41, 5.74) is 4.42. The van der Waals surface area contributed by atoms with Gasteiger partial charge >= 0.3 is 0 Å². The maximum Gasteiger partial charge on any atom is 0.0493 e. The van der Waals surface area contributed by atoms with Crippen LogP contribution < -0.4 is 11.3 Å². The number of benzene rings is 1. The molecule has 1 atom stereocenters. The fourth-order valence-electron chi connectivity index (χ4n) is 5.61. The third kappa shape index (κ3) is 2.09. The van der Waals surface area contributed by atoms with E-state index in [1.165, 1.54) is 37.7 Å². The molecule has 2 nitrogen and oxygen atoms in total. The van der Waals surface area contributed by atoms with Gasteiger partial charge in [-0.3, -0.25) is 11.3 Å². The maximum absolute atomic E-state index is 6.01. The van der Waals surface area contributed by atoms with Crippen LogP contribution in [0.1, 0.15) is 43.7 Å². The molecule has 0 aliphatic heterocycles. The number of hydrazine groups is 1. The molecular weight excluding hydrogens is 268 g/mol. The average Bonchev–Trinajstić information content (AvgIpc) is 2.43. The van der Waals surface area contributed by atoms with Crippen molar-refractivity contribution >= 4 is 11.6 Å². The Labute approximate surface area is 126 Å². The maximum atomic E-state index is 6.01. The molecule has 0 amide bonds. The lowest BCUT2D eigenvalue weighted by Gasteiger charge is -2.56. The van der Waals surface area contributed by atoms with Crippen LogP contribution in [-0.4, -0.2) is 0 Å². The van der Waals surface area contributed by atoms with E-state index in [9.17, 15) is 0 Å². The van der Waals surface area contributed by atoms with E-state index in [-0.39, 0.29) is 0 Å². The zero-order valence-corrected chi connectivity index (χ0v) is 12.5. The number of halogens is 1. The van der Waals surface area contributed by atoms with E-state index in [0.29, 0.717) is 12.0 Å². The van der Waals surface area contributed by atoms with Gasteiger partial charge in [0.2, 0.25) is 0 Å². The van der Waals surface area contributed by atoms with Crippen LogP contribution in [0, 0.1) is 29.6 Å². The highest BCUT2D eigenvalue weighted by atomic mass is 35.5. The summed E-state index contributed by atoms with van der Waals surface area (Å²) in [5.74, 6) is 10.4. The third-order valence-corrected chi connectivity index (χ3v) is 6.35. The molecule has 20 heavy (non-hydrogen) atoms. The molecule has 0 aromatic heterocycles. The largest absolute Gasteiger partial charge is 0.271 e. The lowest BCUT2D eigenvalue weighted by Crippen LogP contribution is -2.50. The van der Waals surface area contributed by atoms with Crippen molar-refractivity contribution in [3.05, 3.63) is 34.9 Å². The van der Waals surface area contributed by atoms with Crippen molar-refractivity contribution in [2.24, 2.45) is 35.4 Å². The minimum atomic E-state index is 0.294. The normalized spacial score (nSPS) is 40.0. The van der Waals surface area contributed by atoms with E-state index >= 15 is 0 Å². The minimum absolute atomic E-state index is 0.294. The Morgan fingerprint density at radius 1 is 0.950 bits per heavy atom. The first kappa shape index (κ1) is 13.1. The van der Waals surface area contributed by atoms with Gasteiger partial charge in [0.1, 0.15) is 0 Å². The quantitative estimate of drug-likeness (QED) is 0.654. The average molecular weight is 291 g/mol. The summed E-state index contributed by atoms with van der Waals surface area (Å²) in [4.78, 5) is 0. The molecule has 0 saturated heterocycles. The van der Waals surface area contributed by atoms with Crippen molar-refractivity contribution in [3.63, 3.8) is 0 Å². The number of rotatable bonds is 3. The molecule has 4 aliphatic rings. The molecule has 0 heterocycles. The van der Waals surface area contributed by atoms with Crippen LogP contribution in [0.25, 0.3) is 0 Å². The number of nitrogens with two attached hydrogens (primary N) is 1. The summed E-state index contributed by atoms with van der Waals surface area (Å²) in [7, 11) is 0. The fraction of sp³-hybridized carbons (Fsp3) is 0.647. The topological polar surface area (TPSA) is 38.0 Å². The van der Waals surface area contributed by atoms with Crippen LogP contribution in [0.3, 0.4) is 0 Å². The van der Waals surface area contributed by atoms with Gasteiger partial charge in [0, 0.05) is 11.1 Å². The van der Waals surface area contributed by atoms with E-state index in [1.54, 1.807) is 0 Å². The SMILES string of the molecule is NNC(c1ccc(Cl)cc1)C1C2CC3CC(C2)CC1C3. The summed E-state index contributed by atoms with van der Waals surface area (Å²) < 4.78 is 0. The molecule has 4 saturated carbocycles. The minimum Gasteiger partial charge on any atom is -0.271 e. The second-order valence-corrected chi connectivity index (χ2v) is 7.64. The van der Waals surface area contributed by atoms with Crippen LogP contribution in [0.4, 0.5) is 0 Å². The second kappa shape index (κ2) is 5.01. The molecule has 3 heteroatoms. The number of hydrogen-bond donors (Lipinski definition) is 2. The van der Waals surface area contributed by atoms with Crippen molar-refractivity contribution in [2.45, 2.75) is 38.1 Å². The molecule has 0 spiro atoms. The second-order valence-electron chi connectivity index (χ2n) is 7.20. The molecule has 5 rings (SSSR count). The van der Waals surface area contributed by atoms with E-state index in [0.717, 1.165) is 28.7 Å². The molecule has 1 aromatic carbocycles. The molecule has 4 fully saturated rings. The van der Waals surface area contributed by atoms with E-state index < -0.39 is 0 Å². The molecule has 4 aliphatic carbocycles. The van der Waals surface area contributed by atoms with Crippen LogP contribution in [0.5, 0.6) is 0 Å². The van der Waals surface area contributed by atoms with Crippen LogP contribution in [0.15, 0.2) is 24.3 Å². The number of nitrogens with one attached hydrogen (secondary N) is 1. The number of hydrogen-bond acceptors (Lipinski definition) is 2. The summed E-state index contributed by atoms with van der Waals surface area (Å²) in [6.07, 6.45) is 7.24. The van der Waals surface area contributed by atoms with Crippen LogP contribution in [-0.2, 0) is 0 Å². The van der Waals surface area contributed by atoms with Crippen molar-refractivity contribution in [3.8, 4) is 0 Å². The van der Waals surface area contributed by atoms with E-state index in [2.05, 4.69) is 17.6 Å². The highest BCUT2D eigenvalue weighted by Gasteiger charge is 2.50. The Morgan fingerprint density at radius 2 is 1.50 bits per heavy atom. The lowest BCUT2D eigenvalue weighted by atomic mass is 9.50. The van der Waals surface area contributed by atoms with Gasteiger partial charge < -0.3 is 0 Å².